The van der Waals surface area contributed by atoms with Crippen LogP contribution in [0.3, 0.4) is 0 Å². The number of nitrogens with zero attached hydrogens (tertiary/aromatic N) is 3. The normalized spacial score (nSPS) is 15.7. The number of nitrogens with one attached hydrogen (secondary N) is 1. The van der Waals surface area contributed by atoms with Crippen LogP contribution in [0.15, 0.2) is 30.3 Å². The van der Waals surface area contributed by atoms with Crippen molar-refractivity contribution in [1.29, 1.82) is 0 Å². The van der Waals surface area contributed by atoms with Gasteiger partial charge in [0.05, 0.1) is 5.69 Å². The summed E-state index contributed by atoms with van der Waals surface area (Å²) in [7, 11) is 0. The number of piperazine rings is 1. The molecule has 1 aromatic heterocycles. The van der Waals surface area contributed by atoms with Crippen LogP contribution < -0.4 is 0 Å². The van der Waals surface area contributed by atoms with Crippen molar-refractivity contribution in [2.45, 2.75) is 33.2 Å². The number of carbonyl (C=O) groups excluding carboxylic acids is 1. The first-order chi connectivity index (χ1) is 11.6. The number of aromatic nitrogens is 2. The number of hydrogen-bond acceptors (Lipinski definition) is 3. The fourth-order valence-corrected chi connectivity index (χ4v) is 3.33. The lowest BCUT2D eigenvalue weighted by Crippen LogP contribution is -2.48. The Labute approximate surface area is 143 Å². The molecule has 24 heavy (non-hydrogen) atoms. The number of rotatable bonds is 5. The highest BCUT2D eigenvalue weighted by Gasteiger charge is 2.21. The van der Waals surface area contributed by atoms with Crippen LogP contribution in [0, 0.1) is 13.8 Å². The van der Waals surface area contributed by atoms with Crippen LogP contribution >= 0.6 is 0 Å². The van der Waals surface area contributed by atoms with Crippen LogP contribution in [0.25, 0.3) is 0 Å². The highest BCUT2D eigenvalue weighted by Crippen LogP contribution is 2.14. The maximum Gasteiger partial charge on any atom is 0.222 e. The van der Waals surface area contributed by atoms with Gasteiger partial charge in [0, 0.05) is 44.8 Å². The van der Waals surface area contributed by atoms with Gasteiger partial charge in [0.2, 0.25) is 5.91 Å². The van der Waals surface area contributed by atoms with Crippen molar-refractivity contribution >= 4 is 5.91 Å². The molecule has 0 atom stereocenters. The molecular formula is C19H26N4O. The number of hydrogen-bond donors (Lipinski definition) is 1. The fraction of sp³-hybridized carbons (Fsp3) is 0.474. The lowest BCUT2D eigenvalue weighted by molar-refractivity contribution is -0.133. The number of aromatic amines is 1. The van der Waals surface area contributed by atoms with E-state index in [0.717, 1.165) is 50.5 Å². The minimum absolute atomic E-state index is 0.259. The summed E-state index contributed by atoms with van der Waals surface area (Å²) in [4.78, 5) is 16.9. The molecule has 0 aliphatic carbocycles. The fourth-order valence-electron chi connectivity index (χ4n) is 3.33. The molecule has 1 aromatic carbocycles. The summed E-state index contributed by atoms with van der Waals surface area (Å²) in [6.07, 6.45) is 1.34. The number of benzene rings is 1. The van der Waals surface area contributed by atoms with Gasteiger partial charge in [-0.15, -0.1) is 0 Å². The van der Waals surface area contributed by atoms with E-state index in [4.69, 9.17) is 0 Å². The van der Waals surface area contributed by atoms with E-state index >= 15 is 0 Å². The first-order valence-corrected chi connectivity index (χ1v) is 8.68. The molecular weight excluding hydrogens is 300 g/mol. The Kier molecular flexibility index (Phi) is 5.30. The summed E-state index contributed by atoms with van der Waals surface area (Å²) in [6.45, 7) is 8.53. The number of aryl methyl sites for hydroxylation is 2. The molecule has 2 aromatic rings. The minimum atomic E-state index is 0.259. The topological polar surface area (TPSA) is 52.2 Å². The molecule has 0 spiro atoms. The monoisotopic (exact) mass is 326 g/mol. The van der Waals surface area contributed by atoms with Gasteiger partial charge in [-0.05, 0) is 31.4 Å². The molecule has 0 radical (unpaired) electrons. The highest BCUT2D eigenvalue weighted by atomic mass is 16.2. The van der Waals surface area contributed by atoms with Crippen molar-refractivity contribution in [2.24, 2.45) is 0 Å². The van der Waals surface area contributed by atoms with Crippen LogP contribution in [0.1, 0.15) is 28.9 Å². The number of carbonyl (C=O) groups is 1. The molecule has 1 amide bonds. The zero-order valence-corrected chi connectivity index (χ0v) is 14.6. The maximum atomic E-state index is 12.5. The van der Waals surface area contributed by atoms with Crippen molar-refractivity contribution < 1.29 is 4.79 Å². The quantitative estimate of drug-likeness (QED) is 0.917. The molecule has 1 fully saturated rings. The van der Waals surface area contributed by atoms with Crippen LogP contribution in [-0.2, 0) is 17.8 Å². The average Bonchev–Trinajstić information content (AvgIpc) is 2.92. The average molecular weight is 326 g/mol. The summed E-state index contributed by atoms with van der Waals surface area (Å²) in [5.41, 5.74) is 4.61. The first-order valence-electron chi connectivity index (χ1n) is 8.68. The second-order valence-corrected chi connectivity index (χ2v) is 6.56. The Bertz CT molecular complexity index is 652. The first kappa shape index (κ1) is 16.7. The molecule has 2 heterocycles. The largest absolute Gasteiger partial charge is 0.340 e. The van der Waals surface area contributed by atoms with Crippen molar-refractivity contribution in [1.82, 2.24) is 20.0 Å². The van der Waals surface area contributed by atoms with Crippen molar-refractivity contribution in [3.63, 3.8) is 0 Å². The van der Waals surface area contributed by atoms with Gasteiger partial charge >= 0.3 is 0 Å². The molecule has 0 saturated carbocycles. The second-order valence-electron chi connectivity index (χ2n) is 6.56. The summed E-state index contributed by atoms with van der Waals surface area (Å²) in [5.74, 6) is 0.259. The summed E-state index contributed by atoms with van der Waals surface area (Å²) >= 11 is 0. The summed E-state index contributed by atoms with van der Waals surface area (Å²) < 4.78 is 0. The van der Waals surface area contributed by atoms with Gasteiger partial charge in [0.15, 0.2) is 0 Å². The smallest absolute Gasteiger partial charge is 0.222 e. The summed E-state index contributed by atoms with van der Waals surface area (Å²) in [5, 5.41) is 7.19. The van der Waals surface area contributed by atoms with Crippen molar-refractivity contribution in [3.8, 4) is 0 Å². The molecule has 5 heteroatoms. The van der Waals surface area contributed by atoms with Gasteiger partial charge in [-0.25, -0.2) is 0 Å². The molecule has 0 unspecified atom stereocenters. The third-order valence-electron chi connectivity index (χ3n) is 4.84. The summed E-state index contributed by atoms with van der Waals surface area (Å²) in [6, 6.07) is 10.5. The third kappa shape index (κ3) is 4.03. The number of H-pyrrole nitrogens is 1. The van der Waals surface area contributed by atoms with E-state index in [1.165, 1.54) is 11.1 Å². The third-order valence-corrected chi connectivity index (χ3v) is 4.84. The zero-order valence-electron chi connectivity index (χ0n) is 14.6. The Morgan fingerprint density at radius 1 is 1.12 bits per heavy atom. The minimum Gasteiger partial charge on any atom is -0.340 e. The molecule has 1 saturated heterocycles. The van der Waals surface area contributed by atoms with E-state index in [2.05, 4.69) is 39.4 Å². The Morgan fingerprint density at radius 2 is 1.83 bits per heavy atom. The zero-order chi connectivity index (χ0) is 16.9. The van der Waals surface area contributed by atoms with Crippen LogP contribution in [0.5, 0.6) is 0 Å². The number of amides is 1. The van der Waals surface area contributed by atoms with E-state index in [9.17, 15) is 4.79 Å². The Balaban J connectivity index is 1.45. The maximum absolute atomic E-state index is 12.5. The van der Waals surface area contributed by atoms with E-state index < -0.39 is 0 Å². The van der Waals surface area contributed by atoms with Gasteiger partial charge in [0.25, 0.3) is 0 Å². The molecule has 1 aliphatic heterocycles. The van der Waals surface area contributed by atoms with Gasteiger partial charge in [-0.2, -0.15) is 5.10 Å². The van der Waals surface area contributed by atoms with E-state index in [-0.39, 0.29) is 5.91 Å². The molecule has 0 bridgehead atoms. The lowest BCUT2D eigenvalue weighted by Gasteiger charge is -2.34. The van der Waals surface area contributed by atoms with Gasteiger partial charge in [0.1, 0.15) is 0 Å². The second kappa shape index (κ2) is 7.62. The van der Waals surface area contributed by atoms with Crippen LogP contribution in [-0.4, -0.2) is 52.1 Å². The Morgan fingerprint density at radius 3 is 2.46 bits per heavy atom. The SMILES string of the molecule is Cc1n[nH]c(C)c1CCC(=O)N1CCN(Cc2ccccc2)CC1. The molecule has 3 rings (SSSR count). The lowest BCUT2D eigenvalue weighted by atomic mass is 10.1. The van der Waals surface area contributed by atoms with Gasteiger partial charge in [-0.1, -0.05) is 30.3 Å². The molecule has 5 nitrogen and oxygen atoms in total. The van der Waals surface area contributed by atoms with Gasteiger partial charge in [-0.3, -0.25) is 14.8 Å². The predicted octanol–water partition coefficient (Wildman–Crippen LogP) is 2.30. The van der Waals surface area contributed by atoms with Crippen molar-refractivity contribution in [3.05, 3.63) is 52.8 Å². The van der Waals surface area contributed by atoms with Crippen molar-refractivity contribution in [2.75, 3.05) is 26.2 Å². The molecule has 1 N–H and O–H groups in total. The van der Waals surface area contributed by atoms with Crippen LogP contribution in [0.4, 0.5) is 0 Å². The highest BCUT2D eigenvalue weighted by molar-refractivity contribution is 5.76. The molecule has 128 valence electrons. The van der Waals surface area contributed by atoms with E-state index in [1.807, 2.05) is 24.8 Å². The van der Waals surface area contributed by atoms with Gasteiger partial charge < -0.3 is 4.90 Å². The standard InChI is InChI=1S/C19H26N4O/c1-15-18(16(2)21-20-15)8-9-19(24)23-12-10-22(11-13-23)14-17-6-4-3-5-7-17/h3-7H,8-14H2,1-2H3,(H,20,21). The predicted molar refractivity (Wildman–Crippen MR) is 94.7 cm³/mol. The van der Waals surface area contributed by atoms with Crippen LogP contribution in [0.2, 0.25) is 0 Å². The Hall–Kier alpha value is -2.14. The molecule has 1 aliphatic rings. The van der Waals surface area contributed by atoms with E-state index in [0.29, 0.717) is 6.42 Å². The van der Waals surface area contributed by atoms with E-state index in [1.54, 1.807) is 0 Å².